The zero-order chi connectivity index (χ0) is 17.9. The predicted octanol–water partition coefficient (Wildman–Crippen LogP) is 1.17. The Morgan fingerprint density at radius 3 is 2.83 bits per heavy atom. The maximum Gasteiger partial charge on any atom is 0.408 e. The number of nitro groups is 1. The number of hydrogen-bond acceptors (Lipinski definition) is 6. The van der Waals surface area contributed by atoms with Crippen LogP contribution in [0.1, 0.15) is 17.7 Å². The molecule has 0 radical (unpaired) electrons. The van der Waals surface area contributed by atoms with Crippen molar-refractivity contribution in [1.82, 2.24) is 25.0 Å². The molecular formula is C12H13ClFN7O3. The van der Waals surface area contributed by atoms with Crippen molar-refractivity contribution in [3.8, 4) is 0 Å². The highest BCUT2D eigenvalue weighted by molar-refractivity contribution is 6.32. The van der Waals surface area contributed by atoms with E-state index in [-0.39, 0.29) is 23.6 Å². The second-order valence-corrected chi connectivity index (χ2v) is 5.18. The highest BCUT2D eigenvalue weighted by atomic mass is 35.5. The van der Waals surface area contributed by atoms with Gasteiger partial charge in [0.05, 0.1) is 35.3 Å². The van der Waals surface area contributed by atoms with Gasteiger partial charge in [-0.2, -0.15) is 19.3 Å². The van der Waals surface area contributed by atoms with E-state index in [1.165, 1.54) is 17.9 Å². The molecule has 2 aromatic heterocycles. The molecule has 1 N–H and O–H groups in total. The van der Waals surface area contributed by atoms with E-state index >= 15 is 0 Å². The summed E-state index contributed by atoms with van der Waals surface area (Å²) in [4.78, 5) is 21.6. The molecule has 2 aromatic rings. The summed E-state index contributed by atoms with van der Waals surface area (Å²) in [5, 5.41) is 21.7. The molecule has 10 nitrogen and oxygen atoms in total. The maximum absolute atomic E-state index is 13.6. The van der Waals surface area contributed by atoms with Gasteiger partial charge in [-0.15, -0.1) is 0 Å². The van der Waals surface area contributed by atoms with Crippen LogP contribution >= 0.6 is 11.6 Å². The first kappa shape index (κ1) is 17.5. The van der Waals surface area contributed by atoms with Crippen LogP contribution in [0.2, 0.25) is 5.02 Å². The van der Waals surface area contributed by atoms with Gasteiger partial charge >= 0.3 is 5.82 Å². The Morgan fingerprint density at radius 1 is 1.58 bits per heavy atom. The Balaban J connectivity index is 1.89. The first-order chi connectivity index (χ1) is 11.3. The van der Waals surface area contributed by atoms with Gasteiger partial charge in [0.25, 0.3) is 0 Å². The van der Waals surface area contributed by atoms with Gasteiger partial charge in [-0.1, -0.05) is 11.6 Å². The van der Waals surface area contributed by atoms with Crippen LogP contribution in [0.5, 0.6) is 0 Å². The first-order valence-corrected chi connectivity index (χ1v) is 7.05. The van der Waals surface area contributed by atoms with E-state index in [4.69, 9.17) is 11.6 Å². The van der Waals surface area contributed by atoms with Gasteiger partial charge in [-0.3, -0.25) is 4.79 Å². The lowest BCUT2D eigenvalue weighted by molar-refractivity contribution is -0.389. The molecule has 0 fully saturated rings. The minimum Gasteiger partial charge on any atom is -0.358 e. The summed E-state index contributed by atoms with van der Waals surface area (Å²) in [6.45, 7) is 1.69. The van der Waals surface area contributed by atoms with Crippen molar-refractivity contribution < 1.29 is 14.1 Å². The topological polar surface area (TPSA) is 120 Å². The van der Waals surface area contributed by atoms with Crippen LogP contribution < -0.4 is 5.43 Å². The fraction of sp³-hybridized carbons (Fsp3) is 0.333. The lowest BCUT2D eigenvalue weighted by Gasteiger charge is -1.98. The molecule has 2 rings (SSSR count). The molecule has 2 heterocycles. The summed E-state index contributed by atoms with van der Waals surface area (Å²) in [6, 6.07) is 0. The number of nitrogens with zero attached hydrogens (tertiary/aromatic N) is 6. The summed E-state index contributed by atoms with van der Waals surface area (Å²) >= 11 is 5.65. The van der Waals surface area contributed by atoms with Crippen LogP contribution in [0.15, 0.2) is 11.3 Å². The quantitative estimate of drug-likeness (QED) is 0.472. The SMILES string of the molecule is Cc1nn(C)c(F)c1/C=N\NC(=O)CCn1cc(Cl)c([N+](=O)[O-])n1. The normalized spacial score (nSPS) is 11.2. The van der Waals surface area contributed by atoms with Crippen molar-refractivity contribution in [2.24, 2.45) is 12.1 Å². The zero-order valence-electron chi connectivity index (χ0n) is 12.7. The Morgan fingerprint density at radius 2 is 2.29 bits per heavy atom. The lowest BCUT2D eigenvalue weighted by atomic mass is 10.3. The average Bonchev–Trinajstić information content (AvgIpc) is 2.99. The lowest BCUT2D eigenvalue weighted by Crippen LogP contribution is -2.19. The van der Waals surface area contributed by atoms with Crippen LogP contribution in [-0.4, -0.2) is 36.6 Å². The van der Waals surface area contributed by atoms with Gasteiger partial charge in [0.1, 0.15) is 0 Å². The first-order valence-electron chi connectivity index (χ1n) is 6.68. The van der Waals surface area contributed by atoms with E-state index in [0.717, 1.165) is 10.9 Å². The number of carbonyl (C=O) groups is 1. The third kappa shape index (κ3) is 3.93. The van der Waals surface area contributed by atoms with Gasteiger partial charge in [-0.25, -0.2) is 10.1 Å². The molecule has 0 aliphatic rings. The van der Waals surface area contributed by atoms with Gasteiger partial charge in [0.2, 0.25) is 11.9 Å². The van der Waals surface area contributed by atoms with Crippen LogP contribution in [-0.2, 0) is 18.4 Å². The second kappa shape index (κ2) is 7.17. The molecule has 0 atom stereocenters. The zero-order valence-corrected chi connectivity index (χ0v) is 13.5. The number of amides is 1. The molecule has 0 bridgehead atoms. The van der Waals surface area contributed by atoms with Gasteiger partial charge < -0.3 is 10.1 Å². The number of carbonyl (C=O) groups excluding carboxylic acids is 1. The average molecular weight is 358 g/mol. The summed E-state index contributed by atoms with van der Waals surface area (Å²) in [6.07, 6.45) is 2.37. The molecule has 0 unspecified atom stereocenters. The largest absolute Gasteiger partial charge is 0.408 e. The molecule has 0 aliphatic carbocycles. The molecule has 0 aromatic carbocycles. The van der Waals surface area contributed by atoms with Crippen LogP contribution in [0, 0.1) is 23.0 Å². The Bertz CT molecular complexity index is 814. The summed E-state index contributed by atoms with van der Waals surface area (Å²) < 4.78 is 15.9. The fourth-order valence-electron chi connectivity index (χ4n) is 1.86. The monoisotopic (exact) mass is 357 g/mol. The Labute approximate surface area is 140 Å². The van der Waals surface area contributed by atoms with Crippen LogP contribution in [0.25, 0.3) is 0 Å². The van der Waals surface area contributed by atoms with E-state index in [1.807, 2.05) is 0 Å². The Hall–Kier alpha value is -2.82. The molecule has 12 heteroatoms. The van der Waals surface area contributed by atoms with Crippen molar-refractivity contribution >= 4 is 29.5 Å². The van der Waals surface area contributed by atoms with Gasteiger partial charge in [-0.05, 0) is 11.8 Å². The third-order valence-electron chi connectivity index (χ3n) is 3.02. The highest BCUT2D eigenvalue weighted by Gasteiger charge is 2.19. The number of rotatable bonds is 6. The van der Waals surface area contributed by atoms with E-state index in [0.29, 0.717) is 5.69 Å². The second-order valence-electron chi connectivity index (χ2n) is 4.78. The molecule has 0 saturated heterocycles. The van der Waals surface area contributed by atoms with E-state index in [1.54, 1.807) is 6.92 Å². The standard InChI is InChI=1S/C12H13ClFN7O3/c1-7-8(11(14)19(2)17-7)5-15-16-10(22)3-4-20-6-9(13)12(18-20)21(23)24/h5-6H,3-4H2,1-2H3,(H,16,22)/b15-5-. The number of nitrogens with one attached hydrogen (secondary N) is 1. The highest BCUT2D eigenvalue weighted by Crippen LogP contribution is 2.21. The van der Waals surface area contributed by atoms with E-state index in [2.05, 4.69) is 20.7 Å². The van der Waals surface area contributed by atoms with Gasteiger partial charge in [0.15, 0.2) is 5.02 Å². The minimum absolute atomic E-state index is 0.0407. The summed E-state index contributed by atoms with van der Waals surface area (Å²) in [7, 11) is 1.45. The summed E-state index contributed by atoms with van der Waals surface area (Å²) in [5.41, 5.74) is 2.84. The van der Waals surface area contributed by atoms with E-state index < -0.39 is 22.6 Å². The molecule has 0 spiro atoms. The molecule has 24 heavy (non-hydrogen) atoms. The van der Waals surface area contributed by atoms with Crippen molar-refractivity contribution in [2.75, 3.05) is 0 Å². The fourth-order valence-corrected chi connectivity index (χ4v) is 2.08. The molecule has 0 aliphatic heterocycles. The number of halogens is 2. The summed E-state index contributed by atoms with van der Waals surface area (Å²) in [5.74, 6) is -1.51. The van der Waals surface area contributed by atoms with Crippen molar-refractivity contribution in [2.45, 2.75) is 19.9 Å². The van der Waals surface area contributed by atoms with Crippen molar-refractivity contribution in [1.29, 1.82) is 0 Å². The van der Waals surface area contributed by atoms with Crippen LogP contribution in [0.3, 0.4) is 0 Å². The molecular weight excluding hydrogens is 345 g/mol. The number of hydrazone groups is 1. The predicted molar refractivity (Wildman–Crippen MR) is 82.1 cm³/mol. The van der Waals surface area contributed by atoms with Crippen LogP contribution in [0.4, 0.5) is 10.2 Å². The maximum atomic E-state index is 13.6. The van der Waals surface area contributed by atoms with Crippen molar-refractivity contribution in [3.63, 3.8) is 0 Å². The smallest absolute Gasteiger partial charge is 0.358 e. The van der Waals surface area contributed by atoms with E-state index in [9.17, 15) is 19.3 Å². The number of aromatic nitrogens is 4. The third-order valence-corrected chi connectivity index (χ3v) is 3.29. The number of aryl methyl sites for hydroxylation is 3. The minimum atomic E-state index is -0.714. The molecule has 0 saturated carbocycles. The molecule has 128 valence electrons. The molecule has 1 amide bonds. The number of hydrogen-bond donors (Lipinski definition) is 1. The van der Waals surface area contributed by atoms with Crippen molar-refractivity contribution in [3.05, 3.63) is 38.5 Å². The van der Waals surface area contributed by atoms with Gasteiger partial charge in [0, 0.05) is 13.5 Å². The Kier molecular flexibility index (Phi) is 5.24.